The van der Waals surface area contributed by atoms with Crippen LogP contribution >= 0.6 is 0 Å². The van der Waals surface area contributed by atoms with E-state index in [9.17, 15) is 4.79 Å². The van der Waals surface area contributed by atoms with Crippen LogP contribution < -0.4 is 4.74 Å². The Morgan fingerprint density at radius 2 is 1.67 bits per heavy atom. The molecule has 0 unspecified atom stereocenters. The van der Waals surface area contributed by atoms with Crippen molar-refractivity contribution in [2.45, 2.75) is 56.1 Å². The van der Waals surface area contributed by atoms with E-state index in [4.69, 9.17) is 4.74 Å². The molecule has 146 valence electrons. The minimum Gasteiger partial charge on any atom is -0.493 e. The predicted octanol–water partition coefficient (Wildman–Crippen LogP) is 2.32. The highest BCUT2D eigenvalue weighted by molar-refractivity contribution is 5.85. The molecule has 5 rings (SSSR count). The summed E-state index contributed by atoms with van der Waals surface area (Å²) < 4.78 is 5.74. The number of ether oxygens (including phenoxy) is 1. The Kier molecular flexibility index (Phi) is 4.60. The van der Waals surface area contributed by atoms with Gasteiger partial charge in [0.1, 0.15) is 5.75 Å². The summed E-state index contributed by atoms with van der Waals surface area (Å²) in [4.78, 5) is 20.6. The third kappa shape index (κ3) is 3.15. The number of benzene rings is 1. The quantitative estimate of drug-likeness (QED) is 0.802. The first kappa shape index (κ1) is 17.5. The summed E-state index contributed by atoms with van der Waals surface area (Å²) in [6.45, 7) is 4.46. The van der Waals surface area contributed by atoms with Gasteiger partial charge in [-0.05, 0) is 45.2 Å². The molecule has 0 saturated carbocycles. The first-order chi connectivity index (χ1) is 13.2. The van der Waals surface area contributed by atoms with Crippen molar-refractivity contribution in [1.82, 2.24) is 14.7 Å². The highest BCUT2D eigenvalue weighted by Crippen LogP contribution is 2.37. The second-order valence-electron chi connectivity index (χ2n) is 8.76. The minimum absolute atomic E-state index is 0.0272. The van der Waals surface area contributed by atoms with Gasteiger partial charge in [-0.15, -0.1) is 0 Å². The van der Waals surface area contributed by atoms with Crippen LogP contribution in [0.25, 0.3) is 0 Å². The first-order valence-electron chi connectivity index (χ1n) is 10.7. The maximum atomic E-state index is 13.2. The van der Waals surface area contributed by atoms with Crippen molar-refractivity contribution in [3.05, 3.63) is 29.8 Å². The van der Waals surface area contributed by atoms with E-state index < -0.39 is 0 Å². The Balaban J connectivity index is 1.21. The van der Waals surface area contributed by atoms with Gasteiger partial charge in [-0.3, -0.25) is 9.69 Å². The standard InChI is InChI=1S/C22H31N3O2/c1-23-16-6-7-17(23)15-18(14-16)24-9-11-25(12-10-24)22(26)20-8-13-27-21-5-3-2-4-19(20)21/h2-5,16-18,20H,6-15H2,1H3/t16-,17-,20-/m0/s1. The van der Waals surface area contributed by atoms with Gasteiger partial charge in [0.15, 0.2) is 0 Å². The van der Waals surface area contributed by atoms with E-state index in [0.29, 0.717) is 12.5 Å². The maximum Gasteiger partial charge on any atom is 0.230 e. The van der Waals surface area contributed by atoms with Crippen LogP contribution in [-0.4, -0.2) is 78.6 Å². The monoisotopic (exact) mass is 369 g/mol. The Morgan fingerprint density at radius 3 is 2.41 bits per heavy atom. The largest absolute Gasteiger partial charge is 0.493 e. The summed E-state index contributed by atoms with van der Waals surface area (Å²) >= 11 is 0. The number of carbonyl (C=O) groups is 1. The number of hydrogen-bond donors (Lipinski definition) is 0. The van der Waals surface area contributed by atoms with E-state index in [1.807, 2.05) is 18.2 Å². The van der Waals surface area contributed by atoms with E-state index in [1.165, 1.54) is 25.7 Å². The molecule has 3 atom stereocenters. The smallest absolute Gasteiger partial charge is 0.230 e. The Hall–Kier alpha value is -1.59. The molecule has 4 heterocycles. The molecular weight excluding hydrogens is 338 g/mol. The lowest BCUT2D eigenvalue weighted by molar-refractivity contribution is -0.135. The molecule has 0 spiro atoms. The molecule has 0 aromatic heterocycles. The van der Waals surface area contributed by atoms with Gasteiger partial charge in [0.05, 0.1) is 12.5 Å². The molecule has 0 radical (unpaired) electrons. The zero-order valence-electron chi connectivity index (χ0n) is 16.3. The van der Waals surface area contributed by atoms with Crippen molar-refractivity contribution in [2.24, 2.45) is 0 Å². The number of amides is 1. The van der Waals surface area contributed by atoms with E-state index in [1.54, 1.807) is 0 Å². The van der Waals surface area contributed by atoms with Crippen LogP contribution in [-0.2, 0) is 4.79 Å². The molecule has 3 fully saturated rings. The fourth-order valence-electron chi connectivity index (χ4n) is 5.81. The molecule has 5 nitrogen and oxygen atoms in total. The molecule has 27 heavy (non-hydrogen) atoms. The molecule has 2 bridgehead atoms. The van der Waals surface area contributed by atoms with Crippen LogP contribution in [0.2, 0.25) is 0 Å². The number of rotatable bonds is 2. The molecule has 0 N–H and O–H groups in total. The Labute approximate surface area is 162 Å². The SMILES string of the molecule is CN1[C@H]2CC[C@H]1CC(N1CCN(C(=O)[C@H]3CCOc4ccccc43)CC1)C2. The summed E-state index contributed by atoms with van der Waals surface area (Å²) in [6.07, 6.45) is 6.18. The number of piperazine rings is 1. The maximum absolute atomic E-state index is 13.2. The molecule has 1 amide bonds. The zero-order chi connectivity index (χ0) is 18.4. The van der Waals surface area contributed by atoms with E-state index in [2.05, 4.69) is 27.8 Å². The zero-order valence-corrected chi connectivity index (χ0v) is 16.3. The van der Waals surface area contributed by atoms with Crippen LogP contribution in [0.15, 0.2) is 24.3 Å². The van der Waals surface area contributed by atoms with Crippen molar-refractivity contribution in [3.8, 4) is 5.75 Å². The molecule has 3 saturated heterocycles. The number of hydrogen-bond acceptors (Lipinski definition) is 4. The fraction of sp³-hybridized carbons (Fsp3) is 0.682. The van der Waals surface area contributed by atoms with Crippen LogP contribution in [0, 0.1) is 0 Å². The van der Waals surface area contributed by atoms with Crippen LogP contribution in [0.5, 0.6) is 5.75 Å². The molecule has 5 heteroatoms. The fourth-order valence-corrected chi connectivity index (χ4v) is 5.81. The van der Waals surface area contributed by atoms with Crippen molar-refractivity contribution >= 4 is 5.91 Å². The van der Waals surface area contributed by atoms with Gasteiger partial charge in [-0.1, -0.05) is 18.2 Å². The molecule has 4 aliphatic rings. The molecule has 4 aliphatic heterocycles. The van der Waals surface area contributed by atoms with Crippen molar-refractivity contribution in [1.29, 1.82) is 0 Å². The lowest BCUT2D eigenvalue weighted by atomic mass is 9.91. The average Bonchev–Trinajstić information content (AvgIpc) is 2.93. The van der Waals surface area contributed by atoms with Gasteiger partial charge < -0.3 is 14.5 Å². The number of nitrogens with zero attached hydrogens (tertiary/aromatic N) is 3. The molecule has 0 aliphatic carbocycles. The van der Waals surface area contributed by atoms with Crippen LogP contribution in [0.4, 0.5) is 0 Å². The van der Waals surface area contributed by atoms with E-state index in [-0.39, 0.29) is 5.92 Å². The summed E-state index contributed by atoms with van der Waals surface area (Å²) in [5.74, 6) is 1.16. The summed E-state index contributed by atoms with van der Waals surface area (Å²) in [5.41, 5.74) is 1.07. The average molecular weight is 370 g/mol. The Bertz CT molecular complexity index is 687. The lowest BCUT2D eigenvalue weighted by Crippen LogP contribution is -2.56. The van der Waals surface area contributed by atoms with E-state index in [0.717, 1.165) is 62.0 Å². The van der Waals surface area contributed by atoms with Crippen LogP contribution in [0.1, 0.15) is 43.6 Å². The van der Waals surface area contributed by atoms with Gasteiger partial charge in [0.25, 0.3) is 0 Å². The predicted molar refractivity (Wildman–Crippen MR) is 105 cm³/mol. The molecule has 1 aromatic rings. The topological polar surface area (TPSA) is 36.0 Å². The van der Waals surface area contributed by atoms with Crippen molar-refractivity contribution < 1.29 is 9.53 Å². The highest BCUT2D eigenvalue weighted by atomic mass is 16.5. The minimum atomic E-state index is -0.0272. The lowest BCUT2D eigenvalue weighted by Gasteiger charge is -2.45. The highest BCUT2D eigenvalue weighted by Gasteiger charge is 2.41. The summed E-state index contributed by atoms with van der Waals surface area (Å²) in [7, 11) is 2.31. The van der Waals surface area contributed by atoms with Gasteiger partial charge in [-0.25, -0.2) is 0 Å². The molecular formula is C22H31N3O2. The Morgan fingerprint density at radius 1 is 0.963 bits per heavy atom. The van der Waals surface area contributed by atoms with Gasteiger partial charge in [0, 0.05) is 49.9 Å². The van der Waals surface area contributed by atoms with Gasteiger partial charge in [-0.2, -0.15) is 0 Å². The normalized spacial score (nSPS) is 34.2. The van der Waals surface area contributed by atoms with Gasteiger partial charge in [0.2, 0.25) is 5.91 Å². The third-order valence-corrected chi connectivity index (χ3v) is 7.47. The molecule has 1 aromatic carbocycles. The van der Waals surface area contributed by atoms with Crippen molar-refractivity contribution in [3.63, 3.8) is 0 Å². The van der Waals surface area contributed by atoms with Gasteiger partial charge >= 0.3 is 0 Å². The first-order valence-corrected chi connectivity index (χ1v) is 10.7. The number of para-hydroxylation sites is 1. The second kappa shape index (κ2) is 7.10. The number of fused-ring (bicyclic) bond motifs is 3. The second-order valence-corrected chi connectivity index (χ2v) is 8.76. The van der Waals surface area contributed by atoms with E-state index >= 15 is 0 Å². The number of carbonyl (C=O) groups excluding carboxylic acids is 1. The van der Waals surface area contributed by atoms with Crippen molar-refractivity contribution in [2.75, 3.05) is 39.8 Å². The summed E-state index contributed by atoms with van der Waals surface area (Å²) in [5, 5.41) is 0. The number of piperidine rings is 1. The van der Waals surface area contributed by atoms with Crippen LogP contribution in [0.3, 0.4) is 0 Å². The third-order valence-electron chi connectivity index (χ3n) is 7.47. The summed E-state index contributed by atoms with van der Waals surface area (Å²) in [6, 6.07) is 10.3.